The highest BCUT2D eigenvalue weighted by Crippen LogP contribution is 2.28. The van der Waals surface area contributed by atoms with Gasteiger partial charge in [-0.25, -0.2) is 9.98 Å². The van der Waals surface area contributed by atoms with Crippen molar-refractivity contribution in [1.82, 2.24) is 0 Å². The SMILES string of the molecule is COC1=C(Br)C=C2N=CN=C2C1. The van der Waals surface area contributed by atoms with Crippen molar-refractivity contribution in [3.05, 3.63) is 22.0 Å². The molecule has 0 aromatic heterocycles. The molecule has 1 aliphatic carbocycles. The Bertz CT molecular complexity index is 339. The van der Waals surface area contributed by atoms with Crippen LogP contribution in [0.4, 0.5) is 0 Å². The van der Waals surface area contributed by atoms with Crippen LogP contribution in [0, 0.1) is 0 Å². The van der Waals surface area contributed by atoms with Gasteiger partial charge in [-0.15, -0.1) is 0 Å². The number of ether oxygens (including phenoxy) is 1. The van der Waals surface area contributed by atoms with Gasteiger partial charge in [0.2, 0.25) is 0 Å². The third-order valence-corrected chi connectivity index (χ3v) is 2.48. The van der Waals surface area contributed by atoms with E-state index in [1.807, 2.05) is 6.08 Å². The lowest BCUT2D eigenvalue weighted by molar-refractivity contribution is 0.286. The first kappa shape index (κ1) is 7.73. The van der Waals surface area contributed by atoms with E-state index in [-0.39, 0.29) is 0 Å². The first-order chi connectivity index (χ1) is 5.81. The summed E-state index contributed by atoms with van der Waals surface area (Å²) in [6.07, 6.45) is 4.22. The lowest BCUT2D eigenvalue weighted by atomic mass is 10.1. The second-order valence-electron chi connectivity index (χ2n) is 2.50. The summed E-state index contributed by atoms with van der Waals surface area (Å²) in [4.78, 5) is 8.20. The Morgan fingerprint density at radius 1 is 1.58 bits per heavy atom. The predicted molar refractivity (Wildman–Crippen MR) is 51.6 cm³/mol. The molecular weight excluding hydrogens is 220 g/mol. The highest BCUT2D eigenvalue weighted by molar-refractivity contribution is 9.11. The van der Waals surface area contributed by atoms with Gasteiger partial charge in [-0.05, 0) is 22.0 Å². The van der Waals surface area contributed by atoms with Gasteiger partial charge in [0.1, 0.15) is 12.1 Å². The lowest BCUT2D eigenvalue weighted by Gasteiger charge is -2.12. The van der Waals surface area contributed by atoms with Crippen LogP contribution in [0.5, 0.6) is 0 Å². The van der Waals surface area contributed by atoms with Crippen LogP contribution >= 0.6 is 15.9 Å². The van der Waals surface area contributed by atoms with Crippen molar-refractivity contribution in [2.45, 2.75) is 6.42 Å². The van der Waals surface area contributed by atoms with Crippen molar-refractivity contribution in [2.75, 3.05) is 7.11 Å². The normalized spacial score (nSPS) is 20.5. The fourth-order valence-electron chi connectivity index (χ4n) is 1.16. The molecule has 3 nitrogen and oxygen atoms in total. The monoisotopic (exact) mass is 226 g/mol. The van der Waals surface area contributed by atoms with E-state index in [2.05, 4.69) is 25.9 Å². The molecule has 4 heteroatoms. The van der Waals surface area contributed by atoms with E-state index in [1.54, 1.807) is 13.4 Å². The Labute approximate surface area is 78.7 Å². The minimum Gasteiger partial charge on any atom is -0.500 e. The second kappa shape index (κ2) is 2.86. The van der Waals surface area contributed by atoms with Gasteiger partial charge in [0.15, 0.2) is 0 Å². The molecule has 0 amide bonds. The van der Waals surface area contributed by atoms with Gasteiger partial charge < -0.3 is 4.74 Å². The Balaban J connectivity index is 2.39. The number of rotatable bonds is 1. The topological polar surface area (TPSA) is 34.0 Å². The summed E-state index contributed by atoms with van der Waals surface area (Å²) >= 11 is 3.40. The van der Waals surface area contributed by atoms with Crippen LogP contribution < -0.4 is 0 Å². The van der Waals surface area contributed by atoms with Gasteiger partial charge in [-0.2, -0.15) is 0 Å². The number of nitrogens with zero attached hydrogens (tertiary/aromatic N) is 2. The molecule has 1 aliphatic heterocycles. The maximum Gasteiger partial charge on any atom is 0.116 e. The predicted octanol–water partition coefficient (Wildman–Crippen LogP) is 2.01. The van der Waals surface area contributed by atoms with E-state index >= 15 is 0 Å². The molecule has 0 aromatic carbocycles. The van der Waals surface area contributed by atoms with Crippen LogP contribution in [0.3, 0.4) is 0 Å². The maximum atomic E-state index is 5.16. The quantitative estimate of drug-likeness (QED) is 0.674. The number of allylic oxidation sites excluding steroid dienone is 4. The molecule has 0 atom stereocenters. The average molecular weight is 227 g/mol. The number of hydrogen-bond donors (Lipinski definition) is 0. The van der Waals surface area contributed by atoms with Crippen LogP contribution in [0.15, 0.2) is 32.0 Å². The molecule has 62 valence electrons. The zero-order chi connectivity index (χ0) is 8.55. The molecular formula is C8H7BrN2O. The third kappa shape index (κ3) is 1.12. The largest absolute Gasteiger partial charge is 0.500 e. The van der Waals surface area contributed by atoms with Crippen LogP contribution in [-0.4, -0.2) is 19.2 Å². The number of hydrogen-bond acceptors (Lipinski definition) is 3. The lowest BCUT2D eigenvalue weighted by Crippen LogP contribution is -2.07. The molecule has 0 bridgehead atoms. The van der Waals surface area contributed by atoms with Crippen molar-refractivity contribution in [3.8, 4) is 0 Å². The summed E-state index contributed by atoms with van der Waals surface area (Å²) < 4.78 is 6.12. The summed E-state index contributed by atoms with van der Waals surface area (Å²) in [5.74, 6) is 0.906. The Hall–Kier alpha value is -0.900. The summed E-state index contributed by atoms with van der Waals surface area (Å²) in [6.45, 7) is 0. The Morgan fingerprint density at radius 2 is 2.42 bits per heavy atom. The van der Waals surface area contributed by atoms with E-state index < -0.39 is 0 Å². The molecule has 0 saturated heterocycles. The molecule has 0 N–H and O–H groups in total. The molecule has 0 aromatic rings. The maximum absolute atomic E-state index is 5.16. The molecule has 1 heterocycles. The van der Waals surface area contributed by atoms with Crippen LogP contribution in [0.1, 0.15) is 6.42 Å². The minimum atomic E-state index is 0.725. The fourth-order valence-corrected chi connectivity index (χ4v) is 1.68. The number of halogens is 1. The van der Waals surface area contributed by atoms with Gasteiger partial charge in [-0.3, -0.25) is 0 Å². The van der Waals surface area contributed by atoms with Crippen molar-refractivity contribution in [1.29, 1.82) is 0 Å². The highest BCUT2D eigenvalue weighted by atomic mass is 79.9. The molecule has 0 spiro atoms. The van der Waals surface area contributed by atoms with Gasteiger partial charge in [0.05, 0.1) is 29.4 Å². The van der Waals surface area contributed by atoms with Crippen molar-refractivity contribution < 1.29 is 4.74 Å². The second-order valence-corrected chi connectivity index (χ2v) is 3.36. The minimum absolute atomic E-state index is 0.725. The molecule has 12 heavy (non-hydrogen) atoms. The zero-order valence-corrected chi connectivity index (χ0v) is 8.13. The summed E-state index contributed by atoms with van der Waals surface area (Å²) in [7, 11) is 1.66. The van der Waals surface area contributed by atoms with Crippen LogP contribution in [-0.2, 0) is 4.74 Å². The molecule has 0 unspecified atom stereocenters. The summed E-state index contributed by atoms with van der Waals surface area (Å²) in [5, 5.41) is 0. The summed E-state index contributed by atoms with van der Waals surface area (Å²) in [6, 6.07) is 0. The fraction of sp³-hybridized carbons (Fsp3) is 0.250. The molecule has 2 aliphatic rings. The summed E-state index contributed by atoms with van der Waals surface area (Å²) in [5.41, 5.74) is 1.91. The zero-order valence-electron chi connectivity index (χ0n) is 6.54. The first-order valence-electron chi connectivity index (χ1n) is 3.55. The number of aliphatic imine (C=N–C) groups is 2. The number of fused-ring (bicyclic) bond motifs is 1. The standard InChI is InChI=1S/C8H7BrN2O/c1-12-8-3-7-6(2-5(8)9)10-4-11-7/h2,4H,3H2,1H3. The van der Waals surface area contributed by atoms with Gasteiger partial charge in [0.25, 0.3) is 0 Å². The van der Waals surface area contributed by atoms with E-state index in [0.29, 0.717) is 0 Å². The smallest absolute Gasteiger partial charge is 0.116 e. The molecule has 0 radical (unpaired) electrons. The highest BCUT2D eigenvalue weighted by Gasteiger charge is 2.19. The van der Waals surface area contributed by atoms with Crippen molar-refractivity contribution >= 4 is 28.0 Å². The molecule has 0 fully saturated rings. The van der Waals surface area contributed by atoms with Crippen molar-refractivity contribution in [3.63, 3.8) is 0 Å². The Morgan fingerprint density at radius 3 is 3.17 bits per heavy atom. The average Bonchev–Trinajstić information content (AvgIpc) is 2.49. The Kier molecular flexibility index (Phi) is 1.84. The molecule has 2 rings (SSSR count). The van der Waals surface area contributed by atoms with Crippen molar-refractivity contribution in [2.24, 2.45) is 9.98 Å². The van der Waals surface area contributed by atoms with E-state index in [1.165, 1.54) is 0 Å². The van der Waals surface area contributed by atoms with Gasteiger partial charge >= 0.3 is 0 Å². The van der Waals surface area contributed by atoms with Crippen LogP contribution in [0.2, 0.25) is 0 Å². The van der Waals surface area contributed by atoms with E-state index in [0.717, 1.165) is 28.1 Å². The molecule has 0 saturated carbocycles. The van der Waals surface area contributed by atoms with E-state index in [4.69, 9.17) is 4.74 Å². The van der Waals surface area contributed by atoms with Gasteiger partial charge in [0, 0.05) is 0 Å². The van der Waals surface area contributed by atoms with Crippen LogP contribution in [0.25, 0.3) is 0 Å². The van der Waals surface area contributed by atoms with E-state index in [9.17, 15) is 0 Å². The third-order valence-electron chi connectivity index (χ3n) is 1.81. The number of methoxy groups -OCH3 is 1. The first-order valence-corrected chi connectivity index (χ1v) is 4.34. The van der Waals surface area contributed by atoms with Gasteiger partial charge in [-0.1, -0.05) is 0 Å².